The average Bonchev–Trinajstić information content (AvgIpc) is 2.75. The van der Waals surface area contributed by atoms with Gasteiger partial charge in [0.25, 0.3) is 0 Å². The SMILES string of the molecule is COc1ccc(CN2CCN(CC(=O)Nc3cccc(SC)c3)CC2)cc1OC. The number of hydrogen-bond donors (Lipinski definition) is 1. The molecule has 156 valence electrons. The highest BCUT2D eigenvalue weighted by molar-refractivity contribution is 7.98. The van der Waals surface area contributed by atoms with E-state index in [-0.39, 0.29) is 5.91 Å². The Labute approximate surface area is 177 Å². The van der Waals surface area contributed by atoms with Crippen molar-refractivity contribution in [1.29, 1.82) is 0 Å². The van der Waals surface area contributed by atoms with Crippen molar-refractivity contribution in [3.63, 3.8) is 0 Å². The highest BCUT2D eigenvalue weighted by Crippen LogP contribution is 2.28. The molecule has 0 radical (unpaired) electrons. The summed E-state index contributed by atoms with van der Waals surface area (Å²) in [6, 6.07) is 14.0. The second-order valence-electron chi connectivity index (χ2n) is 7.02. The lowest BCUT2D eigenvalue weighted by Gasteiger charge is -2.34. The number of methoxy groups -OCH3 is 2. The number of benzene rings is 2. The molecule has 2 aromatic rings. The fourth-order valence-electron chi connectivity index (χ4n) is 3.45. The van der Waals surface area contributed by atoms with Crippen LogP contribution in [0.4, 0.5) is 5.69 Å². The Morgan fingerprint density at radius 2 is 1.72 bits per heavy atom. The highest BCUT2D eigenvalue weighted by atomic mass is 32.2. The first-order valence-corrected chi connectivity index (χ1v) is 10.9. The predicted octanol–water partition coefficient (Wildman–Crippen LogP) is 3.18. The fourth-order valence-corrected chi connectivity index (χ4v) is 3.91. The fraction of sp³-hybridized carbons (Fsp3) is 0.409. The largest absolute Gasteiger partial charge is 0.493 e. The van der Waals surface area contributed by atoms with E-state index in [1.807, 2.05) is 42.7 Å². The molecule has 3 rings (SSSR count). The van der Waals surface area contributed by atoms with E-state index in [1.165, 1.54) is 5.56 Å². The maximum absolute atomic E-state index is 12.4. The number of nitrogens with one attached hydrogen (secondary N) is 1. The molecule has 1 aliphatic heterocycles. The van der Waals surface area contributed by atoms with Crippen LogP contribution in [-0.2, 0) is 11.3 Å². The van der Waals surface area contributed by atoms with Crippen LogP contribution in [-0.4, -0.2) is 68.9 Å². The molecule has 2 aromatic carbocycles. The summed E-state index contributed by atoms with van der Waals surface area (Å²) < 4.78 is 10.7. The van der Waals surface area contributed by atoms with Crippen LogP contribution >= 0.6 is 11.8 Å². The van der Waals surface area contributed by atoms with E-state index >= 15 is 0 Å². The maximum Gasteiger partial charge on any atom is 0.238 e. The highest BCUT2D eigenvalue weighted by Gasteiger charge is 2.19. The van der Waals surface area contributed by atoms with Crippen LogP contribution in [0.2, 0.25) is 0 Å². The Morgan fingerprint density at radius 3 is 2.41 bits per heavy atom. The summed E-state index contributed by atoms with van der Waals surface area (Å²) >= 11 is 1.67. The number of rotatable bonds is 8. The zero-order chi connectivity index (χ0) is 20.6. The smallest absolute Gasteiger partial charge is 0.238 e. The number of amides is 1. The van der Waals surface area contributed by atoms with E-state index < -0.39 is 0 Å². The number of anilines is 1. The zero-order valence-corrected chi connectivity index (χ0v) is 18.1. The number of carbonyl (C=O) groups is 1. The van der Waals surface area contributed by atoms with Crippen molar-refractivity contribution in [3.05, 3.63) is 48.0 Å². The number of hydrogen-bond acceptors (Lipinski definition) is 6. The van der Waals surface area contributed by atoms with Gasteiger partial charge in [-0.1, -0.05) is 12.1 Å². The Morgan fingerprint density at radius 1 is 1.00 bits per heavy atom. The average molecular weight is 416 g/mol. The lowest BCUT2D eigenvalue weighted by Crippen LogP contribution is -2.48. The van der Waals surface area contributed by atoms with Gasteiger partial charge in [0.05, 0.1) is 20.8 Å². The molecule has 1 fully saturated rings. The molecule has 1 N–H and O–H groups in total. The molecule has 1 aliphatic rings. The summed E-state index contributed by atoms with van der Waals surface area (Å²) in [6.07, 6.45) is 2.03. The first kappa shape index (κ1) is 21.5. The first-order valence-electron chi connectivity index (χ1n) is 9.71. The summed E-state index contributed by atoms with van der Waals surface area (Å²) in [6.45, 7) is 4.92. The van der Waals surface area contributed by atoms with Gasteiger partial charge >= 0.3 is 0 Å². The van der Waals surface area contributed by atoms with Gasteiger partial charge in [-0.2, -0.15) is 0 Å². The molecule has 0 bridgehead atoms. The summed E-state index contributed by atoms with van der Waals surface area (Å²) in [7, 11) is 3.30. The van der Waals surface area contributed by atoms with E-state index in [4.69, 9.17) is 9.47 Å². The van der Waals surface area contributed by atoms with Gasteiger partial charge < -0.3 is 14.8 Å². The molecule has 0 atom stereocenters. The number of nitrogens with zero attached hydrogens (tertiary/aromatic N) is 2. The summed E-state index contributed by atoms with van der Waals surface area (Å²) in [5, 5.41) is 3.01. The van der Waals surface area contributed by atoms with Crippen LogP contribution in [0.5, 0.6) is 11.5 Å². The Balaban J connectivity index is 1.46. The topological polar surface area (TPSA) is 54.0 Å². The molecule has 0 aliphatic carbocycles. The van der Waals surface area contributed by atoms with E-state index in [0.29, 0.717) is 6.54 Å². The van der Waals surface area contributed by atoms with Crippen LogP contribution in [0, 0.1) is 0 Å². The lowest BCUT2D eigenvalue weighted by molar-refractivity contribution is -0.117. The maximum atomic E-state index is 12.4. The first-order chi connectivity index (χ1) is 14.1. The van der Waals surface area contributed by atoms with Crippen molar-refractivity contribution in [2.75, 3.05) is 58.5 Å². The zero-order valence-electron chi connectivity index (χ0n) is 17.3. The monoisotopic (exact) mass is 415 g/mol. The van der Waals surface area contributed by atoms with Gasteiger partial charge in [0.2, 0.25) is 5.91 Å². The molecule has 1 heterocycles. The minimum Gasteiger partial charge on any atom is -0.493 e. The van der Waals surface area contributed by atoms with Crippen molar-refractivity contribution in [2.24, 2.45) is 0 Å². The quantitative estimate of drug-likeness (QED) is 0.669. The van der Waals surface area contributed by atoms with Crippen LogP contribution in [0.25, 0.3) is 0 Å². The van der Waals surface area contributed by atoms with Crippen molar-refractivity contribution >= 4 is 23.4 Å². The Bertz CT molecular complexity index is 823. The molecule has 0 aromatic heterocycles. The van der Waals surface area contributed by atoms with E-state index in [2.05, 4.69) is 21.2 Å². The van der Waals surface area contributed by atoms with Gasteiger partial charge in [0.15, 0.2) is 11.5 Å². The van der Waals surface area contributed by atoms with E-state index in [0.717, 1.165) is 54.8 Å². The van der Waals surface area contributed by atoms with E-state index in [1.54, 1.807) is 26.0 Å². The van der Waals surface area contributed by atoms with Gasteiger partial charge in [-0.3, -0.25) is 14.6 Å². The molecule has 6 nitrogen and oxygen atoms in total. The Hall–Kier alpha value is -2.22. The summed E-state index contributed by atoms with van der Waals surface area (Å²) in [5.74, 6) is 1.54. The van der Waals surface area contributed by atoms with Crippen LogP contribution in [0.1, 0.15) is 5.56 Å². The van der Waals surface area contributed by atoms with Crippen molar-refractivity contribution in [3.8, 4) is 11.5 Å². The molecule has 29 heavy (non-hydrogen) atoms. The van der Waals surface area contributed by atoms with Crippen molar-refractivity contribution in [2.45, 2.75) is 11.4 Å². The normalized spacial score (nSPS) is 15.1. The lowest BCUT2D eigenvalue weighted by atomic mass is 10.1. The minimum absolute atomic E-state index is 0.0385. The van der Waals surface area contributed by atoms with Crippen LogP contribution < -0.4 is 14.8 Å². The number of piperazine rings is 1. The third-order valence-electron chi connectivity index (χ3n) is 5.04. The van der Waals surface area contributed by atoms with Gasteiger partial charge in [-0.15, -0.1) is 11.8 Å². The van der Waals surface area contributed by atoms with Gasteiger partial charge in [-0.25, -0.2) is 0 Å². The Kier molecular flexibility index (Phi) is 7.80. The third-order valence-corrected chi connectivity index (χ3v) is 5.77. The second-order valence-corrected chi connectivity index (χ2v) is 7.90. The molecule has 1 amide bonds. The van der Waals surface area contributed by atoms with Gasteiger partial charge in [0, 0.05) is 43.3 Å². The number of carbonyl (C=O) groups excluding carboxylic acids is 1. The molecule has 7 heteroatoms. The van der Waals surface area contributed by atoms with E-state index in [9.17, 15) is 4.79 Å². The van der Waals surface area contributed by atoms with Crippen LogP contribution in [0.3, 0.4) is 0 Å². The second kappa shape index (κ2) is 10.5. The minimum atomic E-state index is 0.0385. The van der Waals surface area contributed by atoms with Crippen molar-refractivity contribution < 1.29 is 14.3 Å². The van der Waals surface area contributed by atoms with Crippen molar-refractivity contribution in [1.82, 2.24) is 9.80 Å². The standard InChI is InChI=1S/C22H29N3O3S/c1-27-20-8-7-17(13-21(20)28-2)15-24-9-11-25(12-10-24)16-22(26)23-18-5-4-6-19(14-18)29-3/h4-8,13-14H,9-12,15-16H2,1-3H3,(H,23,26). The molecular formula is C22H29N3O3S. The molecule has 0 unspecified atom stereocenters. The van der Waals surface area contributed by atoms with Crippen LogP contribution in [0.15, 0.2) is 47.4 Å². The third kappa shape index (κ3) is 6.13. The molecule has 1 saturated heterocycles. The van der Waals surface area contributed by atoms with Gasteiger partial charge in [-0.05, 0) is 42.2 Å². The molecule has 0 saturated carbocycles. The predicted molar refractivity (Wildman–Crippen MR) is 118 cm³/mol. The summed E-state index contributed by atoms with van der Waals surface area (Å²) in [5.41, 5.74) is 2.05. The van der Waals surface area contributed by atoms with Gasteiger partial charge in [0.1, 0.15) is 0 Å². The number of thioether (sulfide) groups is 1. The molecular weight excluding hydrogens is 386 g/mol. The molecule has 0 spiro atoms. The summed E-state index contributed by atoms with van der Waals surface area (Å²) in [4.78, 5) is 18.1. The number of ether oxygens (including phenoxy) is 2.